The maximum Gasteiger partial charge on any atom is 0.231 e. The number of carbonyl (C=O) groups excluding carboxylic acids is 2. The van der Waals surface area contributed by atoms with E-state index < -0.39 is 0 Å². The van der Waals surface area contributed by atoms with Crippen molar-refractivity contribution in [2.75, 3.05) is 45.3 Å². The van der Waals surface area contributed by atoms with Crippen LogP contribution in [0, 0.1) is 6.92 Å². The fourth-order valence-electron chi connectivity index (χ4n) is 5.91. The molecule has 2 amide bonds. The van der Waals surface area contributed by atoms with Gasteiger partial charge in [0.1, 0.15) is 11.5 Å². The molecular formula is C36H47N3O4. The van der Waals surface area contributed by atoms with Gasteiger partial charge in [0.05, 0.1) is 26.3 Å². The van der Waals surface area contributed by atoms with Gasteiger partial charge in [-0.15, -0.1) is 0 Å². The third-order valence-corrected chi connectivity index (χ3v) is 8.36. The van der Waals surface area contributed by atoms with Crippen LogP contribution in [0.15, 0.2) is 66.7 Å². The van der Waals surface area contributed by atoms with Crippen molar-refractivity contribution in [3.63, 3.8) is 0 Å². The number of hydrogen-bond donors (Lipinski definition) is 0. The van der Waals surface area contributed by atoms with Crippen LogP contribution in [-0.2, 0) is 29.0 Å². The highest BCUT2D eigenvalue weighted by molar-refractivity contribution is 5.96. The molecule has 1 aliphatic heterocycles. The van der Waals surface area contributed by atoms with E-state index in [-0.39, 0.29) is 11.8 Å². The molecule has 0 saturated heterocycles. The van der Waals surface area contributed by atoms with Gasteiger partial charge in [-0.05, 0) is 80.5 Å². The van der Waals surface area contributed by atoms with Gasteiger partial charge in [0.2, 0.25) is 11.8 Å². The summed E-state index contributed by atoms with van der Waals surface area (Å²) in [6.07, 6.45) is 3.15. The van der Waals surface area contributed by atoms with Crippen LogP contribution in [0.3, 0.4) is 0 Å². The number of fused-ring (bicyclic) bond motifs is 1. The van der Waals surface area contributed by atoms with Gasteiger partial charge < -0.3 is 19.3 Å². The van der Waals surface area contributed by atoms with Crippen molar-refractivity contribution in [3.05, 3.63) is 89.0 Å². The number of hydrogen-bond acceptors (Lipinski definition) is 5. The van der Waals surface area contributed by atoms with Crippen LogP contribution in [0.4, 0.5) is 5.69 Å². The number of carbonyl (C=O) groups is 2. The van der Waals surface area contributed by atoms with Crippen molar-refractivity contribution in [2.24, 2.45) is 0 Å². The molecule has 0 saturated carbocycles. The number of methoxy groups -OCH3 is 2. The lowest BCUT2D eigenvalue weighted by Crippen LogP contribution is -2.41. The third-order valence-electron chi connectivity index (χ3n) is 8.36. The summed E-state index contributed by atoms with van der Waals surface area (Å²) in [6, 6.07) is 22.2. The molecule has 0 radical (unpaired) electrons. The first kappa shape index (κ1) is 32.1. The summed E-state index contributed by atoms with van der Waals surface area (Å²) >= 11 is 0. The summed E-state index contributed by atoms with van der Waals surface area (Å²) in [4.78, 5) is 34.1. The fraction of sp³-hybridized carbons (Fsp3) is 0.444. The zero-order valence-corrected chi connectivity index (χ0v) is 26.5. The lowest BCUT2D eigenvalue weighted by molar-refractivity contribution is -0.132. The summed E-state index contributed by atoms with van der Waals surface area (Å²) < 4.78 is 10.8. The second-order valence-corrected chi connectivity index (χ2v) is 11.6. The van der Waals surface area contributed by atoms with E-state index in [1.54, 1.807) is 14.2 Å². The monoisotopic (exact) mass is 585 g/mol. The number of ether oxygens (including phenoxy) is 2. The zero-order chi connectivity index (χ0) is 30.8. The number of para-hydroxylation sites is 2. The summed E-state index contributed by atoms with van der Waals surface area (Å²) in [7, 11) is 3.33. The van der Waals surface area contributed by atoms with Crippen molar-refractivity contribution >= 4 is 17.5 Å². The highest BCUT2D eigenvalue weighted by atomic mass is 16.5. The molecule has 0 fully saturated rings. The molecule has 3 aromatic rings. The lowest BCUT2D eigenvalue weighted by Gasteiger charge is -2.30. The molecule has 0 aromatic heterocycles. The Balaban J connectivity index is 1.58. The zero-order valence-electron chi connectivity index (χ0n) is 26.5. The highest BCUT2D eigenvalue weighted by Gasteiger charge is 2.25. The summed E-state index contributed by atoms with van der Waals surface area (Å²) in [6.45, 7) is 9.88. The van der Waals surface area contributed by atoms with Crippen molar-refractivity contribution in [1.82, 2.24) is 9.80 Å². The minimum atomic E-state index is 0.0609. The molecule has 0 atom stereocenters. The summed E-state index contributed by atoms with van der Waals surface area (Å²) in [5.41, 5.74) is 5.06. The smallest absolute Gasteiger partial charge is 0.231 e. The van der Waals surface area contributed by atoms with Crippen LogP contribution >= 0.6 is 0 Å². The number of benzene rings is 3. The largest absolute Gasteiger partial charge is 0.497 e. The molecule has 7 nitrogen and oxygen atoms in total. The van der Waals surface area contributed by atoms with Crippen LogP contribution in [0.1, 0.15) is 55.4 Å². The molecule has 1 heterocycles. The standard InChI is InChI=1S/C36H47N3O4/c1-27(2)37-21-10-22-39(35(41)25-29-17-19-32(42-4)20-18-29)36-28(3)11-8-14-31(36)26-38(24-23-37)34(40)16-9-13-30-12-6-7-15-33(30)43-5/h6-8,11-12,14-15,17-20,27H,9-10,13,16,21-26H2,1-5H3. The van der Waals surface area contributed by atoms with E-state index in [9.17, 15) is 9.59 Å². The van der Waals surface area contributed by atoms with Gasteiger partial charge in [-0.2, -0.15) is 0 Å². The number of anilines is 1. The van der Waals surface area contributed by atoms with E-state index >= 15 is 0 Å². The normalized spacial score (nSPS) is 14.7. The van der Waals surface area contributed by atoms with E-state index in [2.05, 4.69) is 43.9 Å². The Bertz CT molecular complexity index is 1350. The number of nitrogens with zero attached hydrogens (tertiary/aromatic N) is 3. The Morgan fingerprint density at radius 2 is 1.60 bits per heavy atom. The Morgan fingerprint density at radius 1 is 0.837 bits per heavy atom. The molecule has 0 unspecified atom stereocenters. The molecule has 230 valence electrons. The Kier molecular flexibility index (Phi) is 11.6. The topological polar surface area (TPSA) is 62.3 Å². The van der Waals surface area contributed by atoms with Gasteiger partial charge in [-0.3, -0.25) is 14.5 Å². The maximum absolute atomic E-state index is 13.9. The quantitative estimate of drug-likeness (QED) is 0.306. The van der Waals surface area contributed by atoms with Crippen molar-refractivity contribution in [3.8, 4) is 11.5 Å². The SMILES string of the molecule is COc1ccc(CC(=O)N2CCCN(C(C)C)CCN(C(=O)CCCc3ccccc3OC)Cc3cccc(C)c32)cc1. The Labute approximate surface area is 257 Å². The first-order valence-electron chi connectivity index (χ1n) is 15.5. The predicted molar refractivity (Wildman–Crippen MR) is 173 cm³/mol. The fourth-order valence-corrected chi connectivity index (χ4v) is 5.91. The number of aryl methyl sites for hydroxylation is 2. The molecule has 0 N–H and O–H groups in total. The van der Waals surface area contributed by atoms with Gasteiger partial charge in [0.15, 0.2) is 0 Å². The molecular weight excluding hydrogens is 538 g/mol. The molecule has 43 heavy (non-hydrogen) atoms. The minimum Gasteiger partial charge on any atom is -0.497 e. The Hall–Kier alpha value is -3.84. The third kappa shape index (κ3) is 8.60. The van der Waals surface area contributed by atoms with Crippen molar-refractivity contribution < 1.29 is 19.1 Å². The average Bonchev–Trinajstić information content (AvgIpc) is 3.04. The first-order chi connectivity index (χ1) is 20.8. The van der Waals surface area contributed by atoms with E-state index in [1.165, 1.54) is 0 Å². The molecule has 4 rings (SSSR count). The molecule has 7 heteroatoms. The van der Waals surface area contributed by atoms with Crippen LogP contribution in [0.2, 0.25) is 0 Å². The average molecular weight is 586 g/mol. The summed E-state index contributed by atoms with van der Waals surface area (Å²) in [5.74, 6) is 1.84. The number of rotatable bonds is 9. The van der Waals surface area contributed by atoms with E-state index in [0.717, 1.165) is 71.8 Å². The minimum absolute atomic E-state index is 0.0609. The van der Waals surface area contributed by atoms with Crippen LogP contribution in [0.25, 0.3) is 0 Å². The molecule has 0 aliphatic carbocycles. The van der Waals surface area contributed by atoms with Crippen molar-refractivity contribution in [2.45, 2.75) is 65.5 Å². The Morgan fingerprint density at radius 3 is 2.33 bits per heavy atom. The maximum atomic E-state index is 13.9. The second kappa shape index (κ2) is 15.6. The molecule has 0 bridgehead atoms. The second-order valence-electron chi connectivity index (χ2n) is 11.6. The van der Waals surface area contributed by atoms with Crippen LogP contribution in [-0.4, -0.2) is 68.1 Å². The lowest BCUT2D eigenvalue weighted by atomic mass is 10.0. The van der Waals surface area contributed by atoms with Gasteiger partial charge in [0.25, 0.3) is 0 Å². The van der Waals surface area contributed by atoms with Crippen molar-refractivity contribution in [1.29, 1.82) is 0 Å². The first-order valence-corrected chi connectivity index (χ1v) is 15.5. The van der Waals surface area contributed by atoms with Crippen LogP contribution < -0.4 is 14.4 Å². The number of amides is 2. The van der Waals surface area contributed by atoms with Gasteiger partial charge in [-0.1, -0.05) is 48.5 Å². The van der Waals surface area contributed by atoms with E-state index in [1.807, 2.05) is 58.3 Å². The van der Waals surface area contributed by atoms with Gasteiger partial charge in [-0.25, -0.2) is 0 Å². The highest BCUT2D eigenvalue weighted by Crippen LogP contribution is 2.29. The van der Waals surface area contributed by atoms with Crippen LogP contribution in [0.5, 0.6) is 11.5 Å². The molecule has 1 aliphatic rings. The van der Waals surface area contributed by atoms with E-state index in [0.29, 0.717) is 38.5 Å². The summed E-state index contributed by atoms with van der Waals surface area (Å²) in [5, 5.41) is 0. The molecule has 3 aromatic carbocycles. The van der Waals surface area contributed by atoms with E-state index in [4.69, 9.17) is 9.47 Å². The predicted octanol–water partition coefficient (Wildman–Crippen LogP) is 6.05. The van der Waals surface area contributed by atoms with Gasteiger partial charge in [0, 0.05) is 45.2 Å². The molecule has 0 spiro atoms. The van der Waals surface area contributed by atoms with Gasteiger partial charge >= 0.3 is 0 Å².